The second-order valence-corrected chi connectivity index (χ2v) is 6.55. The molecule has 1 aromatic carbocycles. The van der Waals surface area contributed by atoms with Crippen LogP contribution in [0.5, 0.6) is 0 Å². The van der Waals surface area contributed by atoms with Crippen LogP contribution in [-0.2, 0) is 10.1 Å². The number of rotatable bonds is 2. The zero-order chi connectivity index (χ0) is 12.6. The summed E-state index contributed by atoms with van der Waals surface area (Å²) in [5.74, 6) is 0.322. The molecular formula is C12H18O3S. The van der Waals surface area contributed by atoms with Crippen LogP contribution >= 0.6 is 0 Å². The van der Waals surface area contributed by atoms with Crippen molar-refractivity contribution in [2.24, 2.45) is 5.41 Å². The predicted octanol–water partition coefficient (Wildman–Crippen LogP) is 3.08. The molecule has 16 heavy (non-hydrogen) atoms. The lowest BCUT2D eigenvalue weighted by Gasteiger charge is -2.27. The van der Waals surface area contributed by atoms with E-state index in [0.29, 0.717) is 5.92 Å². The SMILES string of the molecule is CC(c1ccc(S(=O)(=O)O)cc1)C(C)(C)C. The second-order valence-electron chi connectivity index (χ2n) is 5.13. The lowest BCUT2D eigenvalue weighted by molar-refractivity contribution is 0.339. The standard InChI is InChI=1S/C12H18O3S/c1-9(12(2,3)4)10-5-7-11(8-6-10)16(13,14)15/h5-9H,1-4H3,(H,13,14,15). The molecule has 3 nitrogen and oxygen atoms in total. The van der Waals surface area contributed by atoms with Crippen LogP contribution in [0.3, 0.4) is 0 Å². The molecule has 0 aromatic heterocycles. The Kier molecular flexibility index (Phi) is 3.45. The summed E-state index contributed by atoms with van der Waals surface area (Å²) in [6.07, 6.45) is 0. The minimum absolute atomic E-state index is 0.0580. The lowest BCUT2D eigenvalue weighted by atomic mass is 9.78. The Labute approximate surface area is 97.2 Å². The molecule has 0 fully saturated rings. The van der Waals surface area contributed by atoms with Crippen LogP contribution in [0.1, 0.15) is 39.2 Å². The van der Waals surface area contributed by atoms with E-state index in [1.807, 2.05) is 0 Å². The van der Waals surface area contributed by atoms with Crippen molar-refractivity contribution in [2.75, 3.05) is 0 Å². The third kappa shape index (κ3) is 3.06. The maximum absolute atomic E-state index is 10.9. The minimum Gasteiger partial charge on any atom is -0.282 e. The maximum Gasteiger partial charge on any atom is 0.294 e. The number of hydrogen-bond donors (Lipinski definition) is 1. The first-order valence-corrected chi connectivity index (χ1v) is 6.64. The van der Waals surface area contributed by atoms with Gasteiger partial charge in [0, 0.05) is 0 Å². The van der Waals surface area contributed by atoms with Gasteiger partial charge in [-0.1, -0.05) is 39.8 Å². The van der Waals surface area contributed by atoms with Gasteiger partial charge in [-0.05, 0) is 29.0 Å². The van der Waals surface area contributed by atoms with E-state index < -0.39 is 10.1 Å². The zero-order valence-electron chi connectivity index (χ0n) is 10.1. The van der Waals surface area contributed by atoms with E-state index in [9.17, 15) is 8.42 Å². The van der Waals surface area contributed by atoms with Crippen LogP contribution in [-0.4, -0.2) is 13.0 Å². The Morgan fingerprint density at radius 3 is 1.88 bits per heavy atom. The molecule has 1 unspecified atom stereocenters. The summed E-state index contributed by atoms with van der Waals surface area (Å²) in [6.45, 7) is 8.50. The third-order valence-corrected chi connectivity index (χ3v) is 3.84. The normalized spacial score (nSPS) is 14.8. The Morgan fingerprint density at radius 2 is 1.56 bits per heavy atom. The molecule has 0 aliphatic heterocycles. The first kappa shape index (κ1) is 13.2. The minimum atomic E-state index is -4.08. The molecule has 0 bridgehead atoms. The molecule has 0 saturated carbocycles. The van der Waals surface area contributed by atoms with Crippen molar-refractivity contribution in [1.29, 1.82) is 0 Å². The molecule has 0 spiro atoms. The van der Waals surface area contributed by atoms with Crippen molar-refractivity contribution in [3.8, 4) is 0 Å². The molecule has 4 heteroatoms. The van der Waals surface area contributed by atoms with Gasteiger partial charge < -0.3 is 0 Å². The largest absolute Gasteiger partial charge is 0.294 e. The Balaban J connectivity index is 3.05. The van der Waals surface area contributed by atoms with Crippen molar-refractivity contribution < 1.29 is 13.0 Å². The summed E-state index contributed by atoms with van der Waals surface area (Å²) in [7, 11) is -4.08. The summed E-state index contributed by atoms with van der Waals surface area (Å²) < 4.78 is 30.6. The van der Waals surface area contributed by atoms with Gasteiger partial charge in [-0.15, -0.1) is 0 Å². The summed E-state index contributed by atoms with van der Waals surface area (Å²) in [6, 6.07) is 6.37. The summed E-state index contributed by atoms with van der Waals surface area (Å²) in [5, 5.41) is 0. The Hall–Kier alpha value is -0.870. The molecule has 0 aliphatic rings. The maximum atomic E-state index is 10.9. The average Bonchev–Trinajstić information content (AvgIpc) is 2.14. The smallest absolute Gasteiger partial charge is 0.282 e. The number of benzene rings is 1. The van der Waals surface area contributed by atoms with Crippen molar-refractivity contribution in [2.45, 2.75) is 38.5 Å². The molecular weight excluding hydrogens is 224 g/mol. The molecule has 0 aliphatic carbocycles. The van der Waals surface area contributed by atoms with Gasteiger partial charge in [0.2, 0.25) is 0 Å². The molecule has 90 valence electrons. The molecule has 0 heterocycles. The molecule has 0 amide bonds. The van der Waals surface area contributed by atoms with Crippen molar-refractivity contribution >= 4 is 10.1 Å². The van der Waals surface area contributed by atoms with Gasteiger partial charge >= 0.3 is 0 Å². The Bertz CT molecular complexity index is 452. The summed E-state index contributed by atoms with van der Waals surface area (Å²) in [5.41, 5.74) is 1.19. The van der Waals surface area contributed by atoms with Crippen LogP contribution in [0.4, 0.5) is 0 Å². The third-order valence-electron chi connectivity index (χ3n) is 2.98. The van der Waals surface area contributed by atoms with E-state index in [0.717, 1.165) is 5.56 Å². The van der Waals surface area contributed by atoms with Crippen LogP contribution in [0, 0.1) is 5.41 Å². The van der Waals surface area contributed by atoms with Gasteiger partial charge in [0.1, 0.15) is 0 Å². The van der Waals surface area contributed by atoms with Gasteiger partial charge in [-0.3, -0.25) is 4.55 Å². The van der Waals surface area contributed by atoms with Crippen molar-refractivity contribution in [1.82, 2.24) is 0 Å². The fourth-order valence-corrected chi connectivity index (χ4v) is 1.91. The highest BCUT2D eigenvalue weighted by Gasteiger charge is 2.21. The predicted molar refractivity (Wildman–Crippen MR) is 64.1 cm³/mol. The Morgan fingerprint density at radius 1 is 1.12 bits per heavy atom. The van der Waals surface area contributed by atoms with Gasteiger partial charge in [0.05, 0.1) is 4.90 Å². The van der Waals surface area contributed by atoms with E-state index in [-0.39, 0.29) is 10.3 Å². The number of hydrogen-bond acceptors (Lipinski definition) is 2. The van der Waals surface area contributed by atoms with Crippen LogP contribution in [0.15, 0.2) is 29.2 Å². The highest BCUT2D eigenvalue weighted by molar-refractivity contribution is 7.85. The van der Waals surface area contributed by atoms with Gasteiger partial charge in [-0.25, -0.2) is 0 Å². The zero-order valence-corrected chi connectivity index (χ0v) is 10.9. The molecule has 1 rings (SSSR count). The first-order chi connectivity index (χ1) is 7.12. The van der Waals surface area contributed by atoms with Crippen LogP contribution in [0.2, 0.25) is 0 Å². The van der Waals surface area contributed by atoms with E-state index in [4.69, 9.17) is 4.55 Å². The van der Waals surface area contributed by atoms with E-state index in [1.54, 1.807) is 12.1 Å². The molecule has 1 aromatic rings. The van der Waals surface area contributed by atoms with E-state index in [2.05, 4.69) is 27.7 Å². The fourth-order valence-electron chi connectivity index (χ4n) is 1.43. The quantitative estimate of drug-likeness (QED) is 0.811. The average molecular weight is 242 g/mol. The van der Waals surface area contributed by atoms with Crippen LogP contribution in [0.25, 0.3) is 0 Å². The van der Waals surface area contributed by atoms with Gasteiger partial charge in [-0.2, -0.15) is 8.42 Å². The first-order valence-electron chi connectivity index (χ1n) is 5.20. The van der Waals surface area contributed by atoms with Gasteiger partial charge in [0.25, 0.3) is 10.1 Å². The molecule has 1 N–H and O–H groups in total. The monoisotopic (exact) mass is 242 g/mol. The highest BCUT2D eigenvalue weighted by Crippen LogP contribution is 2.34. The highest BCUT2D eigenvalue weighted by atomic mass is 32.2. The summed E-state index contributed by atoms with van der Waals surface area (Å²) in [4.78, 5) is -0.0580. The van der Waals surface area contributed by atoms with E-state index in [1.165, 1.54) is 12.1 Å². The van der Waals surface area contributed by atoms with Gasteiger partial charge in [0.15, 0.2) is 0 Å². The summed E-state index contributed by atoms with van der Waals surface area (Å²) >= 11 is 0. The topological polar surface area (TPSA) is 54.4 Å². The van der Waals surface area contributed by atoms with Crippen LogP contribution < -0.4 is 0 Å². The molecule has 0 radical (unpaired) electrons. The lowest BCUT2D eigenvalue weighted by Crippen LogP contribution is -2.15. The fraction of sp³-hybridized carbons (Fsp3) is 0.500. The van der Waals surface area contributed by atoms with E-state index >= 15 is 0 Å². The molecule has 1 atom stereocenters. The van der Waals surface area contributed by atoms with Crippen molar-refractivity contribution in [3.05, 3.63) is 29.8 Å². The molecule has 0 saturated heterocycles. The second kappa shape index (κ2) is 4.18. The van der Waals surface area contributed by atoms with Crippen molar-refractivity contribution in [3.63, 3.8) is 0 Å².